The molecule has 0 saturated heterocycles. The quantitative estimate of drug-likeness (QED) is 0.161. The van der Waals surface area contributed by atoms with Crippen LogP contribution in [0.25, 0.3) is 21.5 Å². The zero-order chi connectivity index (χ0) is 33.0. The van der Waals surface area contributed by atoms with Gasteiger partial charge < -0.3 is 0 Å². The maximum absolute atomic E-state index is 2.35. The molecule has 45 heavy (non-hydrogen) atoms. The Balaban J connectivity index is 0.000000166. The van der Waals surface area contributed by atoms with Gasteiger partial charge in [-0.15, -0.1) is 39.7 Å². The molecule has 0 radical (unpaired) electrons. The number of hydrogen-bond acceptors (Lipinski definition) is 0. The van der Waals surface area contributed by atoms with Gasteiger partial charge in [0.2, 0.25) is 0 Å². The molecule has 6 rings (SSSR count). The minimum atomic E-state index is 0.203. The summed E-state index contributed by atoms with van der Waals surface area (Å²) in [5.41, 5.74) is 8.99. The second-order valence-corrected chi connectivity index (χ2v) is 16.5. The first-order valence-corrected chi connectivity index (χ1v) is 17.3. The number of aryl methyl sites for hydroxylation is 1. The summed E-state index contributed by atoms with van der Waals surface area (Å²) >= 11 is 1.46. The van der Waals surface area contributed by atoms with Crippen molar-refractivity contribution >= 4 is 24.8 Å². The van der Waals surface area contributed by atoms with Crippen molar-refractivity contribution in [1.29, 1.82) is 0 Å². The molecular weight excluding hydrogens is 620 g/mol. The average Bonchev–Trinajstić information content (AvgIpc) is 3.60. The molecule has 0 aliphatic rings. The molecule has 6 aromatic carbocycles. The maximum atomic E-state index is 2.35. The van der Waals surface area contributed by atoms with E-state index in [1.165, 1.54) is 82.4 Å². The van der Waals surface area contributed by atoms with Crippen LogP contribution < -0.4 is 0 Å². The summed E-state index contributed by atoms with van der Waals surface area (Å²) in [7, 11) is 0. The summed E-state index contributed by atoms with van der Waals surface area (Å²) in [6.45, 7) is 22.5. The molecule has 0 aliphatic heterocycles. The van der Waals surface area contributed by atoms with E-state index in [1.54, 1.807) is 0 Å². The van der Waals surface area contributed by atoms with Crippen LogP contribution in [0.15, 0.2) is 121 Å². The second-order valence-electron chi connectivity index (χ2n) is 15.3. The van der Waals surface area contributed by atoms with Gasteiger partial charge in [-0.25, -0.2) is 6.07 Å². The summed E-state index contributed by atoms with van der Waals surface area (Å²) < 4.78 is 1.42. The van der Waals surface area contributed by atoms with Crippen LogP contribution in [0.5, 0.6) is 0 Å². The third-order valence-corrected chi connectivity index (χ3v) is 9.76. The molecule has 0 spiro atoms. The molecule has 1 heteroatoms. The van der Waals surface area contributed by atoms with Gasteiger partial charge in [-0.2, -0.15) is 23.3 Å². The van der Waals surface area contributed by atoms with E-state index in [9.17, 15) is 0 Å². The van der Waals surface area contributed by atoms with Crippen LogP contribution in [0.2, 0.25) is 0 Å². The third-order valence-electron chi connectivity index (χ3n) is 8.34. The zero-order valence-electron chi connectivity index (χ0n) is 29.0. The third kappa shape index (κ3) is 9.20. The SMILES string of the molecule is CC(C)(C)c1ccc2c(c1)[cH-]c1cc(C(C)(C)C)ccc12.Cc1cc(C(C)(C)C)c[cH-]1.[Zr+2]=[C](c1ccccc1)c1ccccc1. The van der Waals surface area contributed by atoms with E-state index >= 15 is 0 Å². The number of fused-ring (bicyclic) bond motifs is 3. The van der Waals surface area contributed by atoms with Crippen LogP contribution >= 0.6 is 0 Å². The molecule has 0 amide bonds. The first-order valence-electron chi connectivity index (χ1n) is 16.1. The van der Waals surface area contributed by atoms with Crippen molar-refractivity contribution in [3.8, 4) is 0 Å². The predicted octanol–water partition coefficient (Wildman–Crippen LogP) is 12.1. The van der Waals surface area contributed by atoms with Gasteiger partial charge in [0.25, 0.3) is 0 Å². The van der Waals surface area contributed by atoms with Gasteiger partial charge in [-0.3, -0.25) is 0 Å². The fourth-order valence-electron chi connectivity index (χ4n) is 5.36. The molecule has 6 aromatic rings. The number of hydrogen-bond donors (Lipinski definition) is 0. The van der Waals surface area contributed by atoms with Crippen LogP contribution in [-0.4, -0.2) is 3.21 Å². The molecule has 0 saturated carbocycles. The van der Waals surface area contributed by atoms with Crippen molar-refractivity contribution in [3.05, 3.63) is 155 Å². The Bertz CT molecular complexity index is 1730. The van der Waals surface area contributed by atoms with Crippen LogP contribution in [0.4, 0.5) is 0 Å². The molecule has 0 N–H and O–H groups in total. The van der Waals surface area contributed by atoms with Crippen molar-refractivity contribution in [2.24, 2.45) is 0 Å². The summed E-state index contributed by atoms with van der Waals surface area (Å²) in [4.78, 5) is 0. The Labute approximate surface area is 287 Å². The normalized spacial score (nSPS) is 11.9. The number of benzene rings is 4. The topological polar surface area (TPSA) is 0 Å². The summed E-state index contributed by atoms with van der Waals surface area (Å²) in [5, 5.41) is 5.48. The van der Waals surface area contributed by atoms with Crippen molar-refractivity contribution in [1.82, 2.24) is 0 Å². The molecule has 0 bridgehead atoms. The first kappa shape index (κ1) is 34.7. The van der Waals surface area contributed by atoms with Crippen molar-refractivity contribution in [2.45, 2.75) is 85.5 Å². The Morgan fingerprint density at radius 3 is 1.22 bits per heavy atom. The first-order chi connectivity index (χ1) is 21.0. The monoisotopic (exact) mass is 668 g/mol. The van der Waals surface area contributed by atoms with E-state index < -0.39 is 0 Å². The summed E-state index contributed by atoms with van der Waals surface area (Å²) in [6.07, 6.45) is 0. The second kappa shape index (κ2) is 14.1. The number of rotatable bonds is 2. The molecule has 0 fully saturated rings. The summed E-state index contributed by atoms with van der Waals surface area (Å²) in [6, 6.07) is 43.9. The van der Waals surface area contributed by atoms with Crippen LogP contribution in [0, 0.1) is 6.92 Å². The van der Waals surface area contributed by atoms with Crippen molar-refractivity contribution in [3.63, 3.8) is 0 Å². The van der Waals surface area contributed by atoms with E-state index in [1.807, 2.05) is 0 Å². The van der Waals surface area contributed by atoms with Crippen LogP contribution in [0.1, 0.15) is 95.7 Å². The van der Waals surface area contributed by atoms with Crippen molar-refractivity contribution in [2.75, 3.05) is 0 Å². The zero-order valence-corrected chi connectivity index (χ0v) is 31.5. The van der Waals surface area contributed by atoms with Gasteiger partial charge in [0.1, 0.15) is 0 Å². The van der Waals surface area contributed by atoms with Gasteiger partial charge >= 0.3 is 99.2 Å². The molecule has 230 valence electrons. The van der Waals surface area contributed by atoms with Crippen molar-refractivity contribution < 1.29 is 24.2 Å². The van der Waals surface area contributed by atoms with Gasteiger partial charge in [0.05, 0.1) is 0 Å². The molecule has 0 unspecified atom stereocenters. The molecule has 0 heterocycles. The van der Waals surface area contributed by atoms with Crippen LogP contribution in [-0.2, 0) is 40.5 Å². The molecule has 0 aromatic heterocycles. The fourth-order valence-corrected chi connectivity index (χ4v) is 6.18. The standard InChI is InChI=1S/C21H25.C13H10.C10H15.Zr/c1-20(2,3)16-7-9-18-14(12-16)11-15-13-17(21(4,5)6)8-10-19(15)18;1-3-7-12(8-4-1)11-13-9-5-2-6-10-13;1-8-5-6-9(7-8)10(2,3)4;/h7-13H,1-6H3;1-10H;5-7H,1-4H3;/q-1;;-1;+2. The molecule has 0 nitrogen and oxygen atoms in total. The average molecular weight is 670 g/mol. The predicted molar refractivity (Wildman–Crippen MR) is 196 cm³/mol. The molecular formula is C44H50Zr. The Kier molecular flexibility index (Phi) is 10.9. The Morgan fingerprint density at radius 2 is 0.911 bits per heavy atom. The minimum absolute atomic E-state index is 0.203. The Hall–Kier alpha value is -3.15. The van der Waals surface area contributed by atoms with Gasteiger partial charge in [-0.05, 0) is 10.8 Å². The van der Waals surface area contributed by atoms with E-state index in [-0.39, 0.29) is 10.8 Å². The molecule has 0 aliphatic carbocycles. The van der Waals surface area contributed by atoms with Gasteiger partial charge in [0.15, 0.2) is 0 Å². The van der Waals surface area contributed by atoms with E-state index in [0.29, 0.717) is 5.41 Å². The summed E-state index contributed by atoms with van der Waals surface area (Å²) in [5.74, 6) is 0. The Morgan fingerprint density at radius 1 is 0.511 bits per heavy atom. The van der Waals surface area contributed by atoms with E-state index in [2.05, 4.69) is 191 Å². The van der Waals surface area contributed by atoms with Gasteiger partial charge in [0, 0.05) is 0 Å². The van der Waals surface area contributed by atoms with E-state index in [0.717, 1.165) is 0 Å². The fraction of sp³-hybridized carbons (Fsp3) is 0.295. The van der Waals surface area contributed by atoms with E-state index in [4.69, 9.17) is 0 Å². The van der Waals surface area contributed by atoms with Crippen LogP contribution in [0.3, 0.4) is 0 Å². The van der Waals surface area contributed by atoms with Gasteiger partial charge in [-0.1, -0.05) is 110 Å². The molecule has 0 atom stereocenters.